The SMILES string of the molecule is CN(c1ccccc1)S(=O)(=O)c1ccc(C(=O)NNC(=O)c2ccc[nH]2)cc1. The molecule has 3 rings (SSSR count). The number of nitrogens with zero attached hydrogens (tertiary/aromatic N) is 1. The first-order valence-electron chi connectivity index (χ1n) is 8.28. The highest BCUT2D eigenvalue weighted by Gasteiger charge is 2.21. The largest absolute Gasteiger partial charge is 0.357 e. The van der Waals surface area contributed by atoms with E-state index in [0.717, 1.165) is 0 Å². The predicted molar refractivity (Wildman–Crippen MR) is 104 cm³/mol. The van der Waals surface area contributed by atoms with Crippen LogP contribution in [0.25, 0.3) is 0 Å². The van der Waals surface area contributed by atoms with Crippen molar-refractivity contribution in [2.45, 2.75) is 4.90 Å². The van der Waals surface area contributed by atoms with E-state index in [1.54, 1.807) is 48.7 Å². The maximum absolute atomic E-state index is 12.7. The van der Waals surface area contributed by atoms with Crippen LogP contribution in [0.5, 0.6) is 0 Å². The first kappa shape index (κ1) is 19.2. The van der Waals surface area contributed by atoms with E-state index >= 15 is 0 Å². The molecule has 0 aliphatic heterocycles. The number of sulfonamides is 1. The van der Waals surface area contributed by atoms with Gasteiger partial charge in [0.15, 0.2) is 0 Å². The quantitative estimate of drug-likeness (QED) is 0.570. The summed E-state index contributed by atoms with van der Waals surface area (Å²) in [6.45, 7) is 0. The molecule has 0 saturated heterocycles. The molecule has 1 heterocycles. The van der Waals surface area contributed by atoms with Crippen molar-refractivity contribution in [1.29, 1.82) is 0 Å². The normalized spacial score (nSPS) is 10.9. The van der Waals surface area contributed by atoms with Gasteiger partial charge in [0.25, 0.3) is 21.8 Å². The topological polar surface area (TPSA) is 111 Å². The first-order chi connectivity index (χ1) is 13.4. The number of carbonyl (C=O) groups is 2. The van der Waals surface area contributed by atoms with Gasteiger partial charge in [0.2, 0.25) is 0 Å². The Kier molecular flexibility index (Phi) is 5.46. The van der Waals surface area contributed by atoms with E-state index < -0.39 is 21.8 Å². The fourth-order valence-electron chi connectivity index (χ4n) is 2.44. The molecule has 1 aromatic heterocycles. The Morgan fingerprint density at radius 2 is 1.50 bits per heavy atom. The smallest absolute Gasteiger partial charge is 0.286 e. The molecular weight excluding hydrogens is 380 g/mol. The van der Waals surface area contributed by atoms with Crippen molar-refractivity contribution in [3.05, 3.63) is 84.2 Å². The lowest BCUT2D eigenvalue weighted by atomic mass is 10.2. The summed E-state index contributed by atoms with van der Waals surface area (Å²) >= 11 is 0. The summed E-state index contributed by atoms with van der Waals surface area (Å²) in [7, 11) is -2.30. The second-order valence-electron chi connectivity index (χ2n) is 5.82. The van der Waals surface area contributed by atoms with Gasteiger partial charge in [-0.2, -0.15) is 0 Å². The zero-order valence-electron chi connectivity index (χ0n) is 14.9. The zero-order valence-corrected chi connectivity index (χ0v) is 15.7. The van der Waals surface area contributed by atoms with Crippen molar-refractivity contribution < 1.29 is 18.0 Å². The number of aromatic amines is 1. The second kappa shape index (κ2) is 7.97. The average molecular weight is 398 g/mol. The van der Waals surface area contributed by atoms with Crippen LogP contribution >= 0.6 is 0 Å². The van der Waals surface area contributed by atoms with Gasteiger partial charge in [0, 0.05) is 18.8 Å². The minimum absolute atomic E-state index is 0.0471. The summed E-state index contributed by atoms with van der Waals surface area (Å²) in [6.07, 6.45) is 1.59. The number of carbonyl (C=O) groups excluding carboxylic acids is 2. The van der Waals surface area contributed by atoms with E-state index in [-0.39, 0.29) is 10.5 Å². The number of nitrogens with one attached hydrogen (secondary N) is 3. The highest BCUT2D eigenvalue weighted by molar-refractivity contribution is 7.92. The summed E-state index contributed by atoms with van der Waals surface area (Å²) in [5.74, 6) is -1.07. The van der Waals surface area contributed by atoms with Crippen molar-refractivity contribution in [2.24, 2.45) is 0 Å². The molecule has 0 radical (unpaired) electrons. The number of aromatic nitrogens is 1. The van der Waals surface area contributed by atoms with Crippen molar-refractivity contribution >= 4 is 27.5 Å². The van der Waals surface area contributed by atoms with Crippen LogP contribution in [0.2, 0.25) is 0 Å². The van der Waals surface area contributed by atoms with Crippen molar-refractivity contribution in [1.82, 2.24) is 15.8 Å². The summed E-state index contributed by atoms with van der Waals surface area (Å²) < 4.78 is 26.6. The molecule has 0 aliphatic rings. The number of rotatable bonds is 5. The van der Waals surface area contributed by atoms with Gasteiger partial charge in [-0.25, -0.2) is 8.42 Å². The molecular formula is C19H18N4O4S. The van der Waals surface area contributed by atoms with Crippen LogP contribution in [0, 0.1) is 0 Å². The number of anilines is 1. The monoisotopic (exact) mass is 398 g/mol. The zero-order chi connectivity index (χ0) is 20.1. The van der Waals surface area contributed by atoms with Gasteiger partial charge in [0.05, 0.1) is 10.6 Å². The van der Waals surface area contributed by atoms with Gasteiger partial charge in [-0.1, -0.05) is 18.2 Å². The number of H-pyrrole nitrogens is 1. The lowest BCUT2D eigenvalue weighted by Crippen LogP contribution is -2.41. The summed E-state index contributed by atoms with van der Waals surface area (Å²) in [4.78, 5) is 26.7. The van der Waals surface area contributed by atoms with Crippen LogP contribution in [0.4, 0.5) is 5.69 Å². The lowest BCUT2D eigenvalue weighted by Gasteiger charge is -2.19. The molecule has 0 spiro atoms. The molecule has 9 heteroatoms. The fraction of sp³-hybridized carbons (Fsp3) is 0.0526. The summed E-state index contributed by atoms with van der Waals surface area (Å²) in [6, 6.07) is 17.3. The molecule has 8 nitrogen and oxygen atoms in total. The number of hydrazine groups is 1. The van der Waals surface area contributed by atoms with E-state index in [2.05, 4.69) is 15.8 Å². The van der Waals surface area contributed by atoms with Crippen LogP contribution in [0.3, 0.4) is 0 Å². The first-order valence-corrected chi connectivity index (χ1v) is 9.72. The Labute approximate surface area is 162 Å². The molecule has 0 bridgehead atoms. The van der Waals surface area contributed by atoms with Gasteiger partial charge in [0.1, 0.15) is 5.69 Å². The Bertz CT molecular complexity index is 1060. The number of para-hydroxylation sites is 1. The lowest BCUT2D eigenvalue weighted by molar-refractivity contribution is 0.0844. The predicted octanol–water partition coefficient (Wildman–Crippen LogP) is 1.91. The van der Waals surface area contributed by atoms with Gasteiger partial charge in [-0.3, -0.25) is 24.7 Å². The summed E-state index contributed by atoms with van der Waals surface area (Å²) in [5.41, 5.74) is 5.57. The van der Waals surface area contributed by atoms with Gasteiger partial charge in [-0.15, -0.1) is 0 Å². The van der Waals surface area contributed by atoms with Crippen LogP contribution in [0.1, 0.15) is 20.8 Å². The van der Waals surface area contributed by atoms with Gasteiger partial charge in [-0.05, 0) is 48.5 Å². The molecule has 0 fully saturated rings. The standard InChI is InChI=1S/C19H18N4O4S/c1-23(15-6-3-2-4-7-15)28(26,27)16-11-9-14(10-12-16)18(24)21-22-19(25)17-8-5-13-20-17/h2-13,20H,1H3,(H,21,24)(H,22,25). The van der Waals surface area contributed by atoms with Crippen molar-refractivity contribution in [3.8, 4) is 0 Å². The van der Waals surface area contributed by atoms with Crippen molar-refractivity contribution in [3.63, 3.8) is 0 Å². The third-order valence-electron chi connectivity index (χ3n) is 4.03. The van der Waals surface area contributed by atoms with Crippen molar-refractivity contribution in [2.75, 3.05) is 11.4 Å². The van der Waals surface area contributed by atoms with E-state index in [0.29, 0.717) is 11.4 Å². The van der Waals surface area contributed by atoms with E-state index in [4.69, 9.17) is 0 Å². The minimum atomic E-state index is -3.76. The maximum atomic E-state index is 12.7. The van der Waals surface area contributed by atoms with Crippen LogP contribution in [-0.2, 0) is 10.0 Å². The van der Waals surface area contributed by atoms with Crippen LogP contribution in [-0.4, -0.2) is 32.3 Å². The summed E-state index contributed by atoms with van der Waals surface area (Å²) in [5, 5.41) is 0. The molecule has 3 aromatic rings. The molecule has 3 N–H and O–H groups in total. The highest BCUT2D eigenvalue weighted by atomic mass is 32.2. The maximum Gasteiger partial charge on any atom is 0.286 e. The number of amides is 2. The Morgan fingerprint density at radius 1 is 0.857 bits per heavy atom. The van der Waals surface area contributed by atoms with Crippen LogP contribution in [0.15, 0.2) is 77.8 Å². The molecule has 2 amide bonds. The van der Waals surface area contributed by atoms with E-state index in [9.17, 15) is 18.0 Å². The van der Waals surface area contributed by atoms with E-state index in [1.807, 2.05) is 0 Å². The fourth-order valence-corrected chi connectivity index (χ4v) is 3.63. The molecule has 0 saturated carbocycles. The van der Waals surface area contributed by atoms with Gasteiger partial charge < -0.3 is 4.98 Å². The molecule has 2 aromatic carbocycles. The third kappa shape index (κ3) is 4.04. The Morgan fingerprint density at radius 3 is 2.11 bits per heavy atom. The van der Waals surface area contributed by atoms with Gasteiger partial charge >= 0.3 is 0 Å². The molecule has 0 atom stereocenters. The number of hydrogen-bond donors (Lipinski definition) is 3. The highest BCUT2D eigenvalue weighted by Crippen LogP contribution is 2.21. The minimum Gasteiger partial charge on any atom is -0.357 e. The Hall–Kier alpha value is -3.59. The number of benzene rings is 2. The third-order valence-corrected chi connectivity index (χ3v) is 5.83. The number of hydrogen-bond acceptors (Lipinski definition) is 4. The molecule has 144 valence electrons. The molecule has 28 heavy (non-hydrogen) atoms. The molecule has 0 aliphatic carbocycles. The average Bonchev–Trinajstić information content (AvgIpc) is 3.27. The molecule has 0 unspecified atom stereocenters. The second-order valence-corrected chi connectivity index (χ2v) is 7.79. The Balaban J connectivity index is 1.68. The van der Waals surface area contributed by atoms with E-state index in [1.165, 1.54) is 35.6 Å². The van der Waals surface area contributed by atoms with Crippen LogP contribution < -0.4 is 15.2 Å².